The number of nitrogens with zero attached hydrogens (tertiary/aromatic N) is 5. The van der Waals surface area contributed by atoms with Crippen LogP contribution >= 0.6 is 23.4 Å². The zero-order chi connectivity index (χ0) is 25.5. The molecule has 3 aromatic rings. The molecule has 0 radical (unpaired) electrons. The summed E-state index contributed by atoms with van der Waals surface area (Å²) in [6.45, 7) is 4.18. The molecule has 0 saturated carbocycles. The molecule has 3 heterocycles. The Kier molecular flexibility index (Phi) is 8.61. The molecule has 0 spiro atoms. The lowest BCUT2D eigenvalue weighted by atomic mass is 10.1. The Labute approximate surface area is 219 Å². The molecule has 11 heteroatoms. The molecule has 0 aliphatic carbocycles. The first kappa shape index (κ1) is 25.7. The normalized spacial score (nSPS) is 15.5. The molecule has 9 nitrogen and oxygen atoms in total. The topological polar surface area (TPSA) is 101 Å². The van der Waals surface area contributed by atoms with E-state index in [1.807, 2.05) is 24.0 Å². The number of benzene rings is 1. The predicted molar refractivity (Wildman–Crippen MR) is 140 cm³/mol. The average Bonchev–Trinajstić information content (AvgIpc) is 2.90. The van der Waals surface area contributed by atoms with Crippen LogP contribution in [0, 0.1) is 0 Å². The van der Waals surface area contributed by atoms with Crippen molar-refractivity contribution in [1.29, 1.82) is 0 Å². The van der Waals surface area contributed by atoms with Crippen molar-refractivity contribution in [2.45, 2.75) is 24.7 Å². The minimum atomic E-state index is -0.131. The summed E-state index contributed by atoms with van der Waals surface area (Å²) in [6, 6.07) is 12.5. The highest BCUT2D eigenvalue weighted by Crippen LogP contribution is 2.25. The molecule has 0 bridgehead atoms. The van der Waals surface area contributed by atoms with E-state index in [-0.39, 0.29) is 23.6 Å². The summed E-state index contributed by atoms with van der Waals surface area (Å²) >= 11 is 7.50. The van der Waals surface area contributed by atoms with Gasteiger partial charge in [0.2, 0.25) is 5.91 Å². The number of carbonyl (C=O) groups is 2. The van der Waals surface area contributed by atoms with Gasteiger partial charge < -0.3 is 19.9 Å². The molecule has 1 atom stereocenters. The largest absolute Gasteiger partial charge is 0.497 e. The second-order valence-corrected chi connectivity index (χ2v) is 9.61. The fourth-order valence-electron chi connectivity index (χ4n) is 3.86. The monoisotopic (exact) mass is 526 g/mol. The third-order valence-electron chi connectivity index (χ3n) is 5.76. The molecule has 4 rings (SSSR count). The van der Waals surface area contributed by atoms with Crippen molar-refractivity contribution in [2.75, 3.05) is 37.4 Å². The molecule has 1 saturated heterocycles. The molecule has 1 aliphatic rings. The van der Waals surface area contributed by atoms with Gasteiger partial charge in [-0.15, -0.1) is 0 Å². The van der Waals surface area contributed by atoms with Crippen molar-refractivity contribution < 1.29 is 14.3 Å². The van der Waals surface area contributed by atoms with Gasteiger partial charge in [-0.2, -0.15) is 0 Å². The van der Waals surface area contributed by atoms with Gasteiger partial charge in [0.25, 0.3) is 5.91 Å². The first-order valence-corrected chi connectivity index (χ1v) is 12.8. The van der Waals surface area contributed by atoms with Gasteiger partial charge in [-0.1, -0.05) is 29.4 Å². The fourth-order valence-corrected chi connectivity index (χ4v) is 4.77. The Balaban J connectivity index is 1.33. The van der Waals surface area contributed by atoms with Gasteiger partial charge in [-0.25, -0.2) is 9.97 Å². The second kappa shape index (κ2) is 12.0. The SMILES string of the molecule is COc1ccc(C(=O)N2CCN(c3cc(Cl)nc(SCC(=O)NCc4cccnc4)n3)CC2C)cc1. The van der Waals surface area contributed by atoms with Gasteiger partial charge in [-0.3, -0.25) is 14.6 Å². The van der Waals surface area contributed by atoms with Crippen LogP contribution in [0.5, 0.6) is 5.75 Å². The van der Waals surface area contributed by atoms with E-state index in [1.165, 1.54) is 11.8 Å². The van der Waals surface area contributed by atoms with Crippen LogP contribution in [0.25, 0.3) is 0 Å². The number of nitrogens with one attached hydrogen (secondary N) is 1. The van der Waals surface area contributed by atoms with E-state index in [4.69, 9.17) is 16.3 Å². The van der Waals surface area contributed by atoms with Crippen LogP contribution in [0.3, 0.4) is 0 Å². The number of thioether (sulfide) groups is 1. The highest BCUT2D eigenvalue weighted by Gasteiger charge is 2.29. The lowest BCUT2D eigenvalue weighted by Gasteiger charge is -2.40. The summed E-state index contributed by atoms with van der Waals surface area (Å²) < 4.78 is 5.18. The Morgan fingerprint density at radius 2 is 2.00 bits per heavy atom. The van der Waals surface area contributed by atoms with Gasteiger partial charge in [0.1, 0.15) is 16.7 Å². The summed E-state index contributed by atoms with van der Waals surface area (Å²) in [5, 5.41) is 3.60. The van der Waals surface area contributed by atoms with Crippen LogP contribution < -0.4 is 15.0 Å². The van der Waals surface area contributed by atoms with Crippen LogP contribution in [-0.4, -0.2) is 70.2 Å². The summed E-state index contributed by atoms with van der Waals surface area (Å²) in [7, 11) is 1.60. The van der Waals surface area contributed by atoms with Crippen molar-refractivity contribution in [3.63, 3.8) is 0 Å². The molecule has 36 heavy (non-hydrogen) atoms. The van der Waals surface area contributed by atoms with E-state index >= 15 is 0 Å². The molecule has 2 amide bonds. The molecule has 188 valence electrons. The predicted octanol–water partition coefficient (Wildman–Crippen LogP) is 3.29. The third-order valence-corrected chi connectivity index (χ3v) is 6.80. The minimum Gasteiger partial charge on any atom is -0.497 e. The number of ether oxygens (including phenoxy) is 1. The minimum absolute atomic E-state index is 0.0148. The number of aromatic nitrogens is 3. The fraction of sp³-hybridized carbons (Fsp3) is 0.320. The summed E-state index contributed by atoms with van der Waals surface area (Å²) in [5.74, 6) is 1.41. The first-order chi connectivity index (χ1) is 17.4. The standard InChI is InChI=1S/C25H27ClN6O3S/c1-17-15-31(10-11-32(17)24(34)19-5-7-20(35-2)8-6-19)22-12-21(26)29-25(30-22)36-16-23(33)28-14-18-4-3-9-27-13-18/h3-9,12-13,17H,10-11,14-16H2,1-2H3,(H,28,33). The van der Waals surface area contributed by atoms with E-state index < -0.39 is 0 Å². The van der Waals surface area contributed by atoms with Gasteiger partial charge >= 0.3 is 0 Å². The maximum absolute atomic E-state index is 13.0. The smallest absolute Gasteiger partial charge is 0.254 e. The summed E-state index contributed by atoms with van der Waals surface area (Å²) in [6.07, 6.45) is 3.40. The van der Waals surface area contributed by atoms with E-state index in [1.54, 1.807) is 49.8 Å². The quantitative estimate of drug-likeness (QED) is 0.271. The number of hydrogen-bond acceptors (Lipinski definition) is 8. The molecule has 2 aromatic heterocycles. The zero-order valence-electron chi connectivity index (χ0n) is 20.1. The van der Waals surface area contributed by atoms with Crippen molar-refractivity contribution in [1.82, 2.24) is 25.2 Å². The molecular weight excluding hydrogens is 500 g/mol. The molecule has 1 N–H and O–H groups in total. The number of anilines is 1. The van der Waals surface area contributed by atoms with Crippen LogP contribution in [0.2, 0.25) is 5.15 Å². The number of amides is 2. The Bertz CT molecular complexity index is 1200. The Morgan fingerprint density at radius 3 is 2.69 bits per heavy atom. The van der Waals surface area contributed by atoms with Gasteiger partial charge in [0, 0.05) is 56.2 Å². The van der Waals surface area contributed by atoms with Crippen LogP contribution in [0.4, 0.5) is 5.82 Å². The highest BCUT2D eigenvalue weighted by molar-refractivity contribution is 7.99. The number of carbonyl (C=O) groups excluding carboxylic acids is 2. The summed E-state index contributed by atoms with van der Waals surface area (Å²) in [5.41, 5.74) is 1.55. The van der Waals surface area contributed by atoms with Crippen molar-refractivity contribution >= 4 is 41.0 Å². The van der Waals surface area contributed by atoms with Crippen molar-refractivity contribution in [2.24, 2.45) is 0 Å². The van der Waals surface area contributed by atoms with Crippen LogP contribution in [0.15, 0.2) is 60.0 Å². The zero-order valence-corrected chi connectivity index (χ0v) is 21.6. The molecule has 1 aromatic carbocycles. The number of rotatable bonds is 8. The van der Waals surface area contributed by atoms with E-state index in [0.29, 0.717) is 53.6 Å². The number of pyridine rings is 1. The summed E-state index contributed by atoms with van der Waals surface area (Å²) in [4.78, 5) is 42.2. The third kappa shape index (κ3) is 6.64. The number of piperazine rings is 1. The Hall–Kier alpha value is -3.37. The van der Waals surface area contributed by atoms with Crippen LogP contribution in [0.1, 0.15) is 22.8 Å². The van der Waals surface area contributed by atoms with E-state index in [0.717, 1.165) is 5.56 Å². The lowest BCUT2D eigenvalue weighted by molar-refractivity contribution is -0.118. The van der Waals surface area contributed by atoms with Crippen LogP contribution in [-0.2, 0) is 11.3 Å². The van der Waals surface area contributed by atoms with Gasteiger partial charge in [-0.05, 0) is 42.8 Å². The van der Waals surface area contributed by atoms with E-state index in [9.17, 15) is 9.59 Å². The molecule has 1 fully saturated rings. The Morgan fingerprint density at radius 1 is 1.19 bits per heavy atom. The number of halogens is 1. The average molecular weight is 527 g/mol. The molecule has 1 aliphatic heterocycles. The van der Waals surface area contributed by atoms with Gasteiger partial charge in [0.15, 0.2) is 5.16 Å². The van der Waals surface area contributed by atoms with Crippen molar-refractivity contribution in [3.05, 3.63) is 71.1 Å². The number of methoxy groups -OCH3 is 1. The highest BCUT2D eigenvalue weighted by atomic mass is 35.5. The number of hydrogen-bond donors (Lipinski definition) is 1. The maximum Gasteiger partial charge on any atom is 0.254 e. The first-order valence-electron chi connectivity index (χ1n) is 11.5. The molecular formula is C25H27ClN6O3S. The maximum atomic E-state index is 13.0. The second-order valence-electron chi connectivity index (χ2n) is 8.28. The molecule has 1 unspecified atom stereocenters. The lowest BCUT2D eigenvalue weighted by Crippen LogP contribution is -2.54. The van der Waals surface area contributed by atoms with Gasteiger partial charge in [0.05, 0.1) is 12.9 Å². The van der Waals surface area contributed by atoms with E-state index in [2.05, 4.69) is 25.2 Å². The van der Waals surface area contributed by atoms with Crippen molar-refractivity contribution in [3.8, 4) is 5.75 Å².